The fourth-order valence-corrected chi connectivity index (χ4v) is 6.89. The van der Waals surface area contributed by atoms with Crippen LogP contribution in [-0.4, -0.2) is 34.9 Å². The number of ether oxygens (including phenoxy) is 2. The monoisotopic (exact) mass is 796 g/mol. The fourth-order valence-electron chi connectivity index (χ4n) is 6.89. The van der Waals surface area contributed by atoms with Crippen molar-refractivity contribution in [1.82, 2.24) is 9.97 Å². The number of allylic oxidation sites excluding steroid dienone is 9. The number of rotatable bonds is 38. The highest BCUT2D eigenvalue weighted by Crippen LogP contribution is 2.19. The summed E-state index contributed by atoms with van der Waals surface area (Å²) in [5.74, 6) is 1.34. The van der Waals surface area contributed by atoms with Crippen molar-refractivity contribution in [3.8, 4) is 0 Å². The molecule has 1 aromatic carbocycles. The Morgan fingerprint density at radius 2 is 1.09 bits per heavy atom. The smallest absolute Gasteiger partial charge is 0.213 e. The van der Waals surface area contributed by atoms with Crippen molar-refractivity contribution < 1.29 is 14.3 Å². The van der Waals surface area contributed by atoms with Crippen molar-refractivity contribution in [3.63, 3.8) is 0 Å². The third kappa shape index (κ3) is 27.8. The standard InChI is InChI=1S/C52H81N3O3/c1-4-6-8-10-12-14-16-18-20-22-24-26-28-30-32-35-46(3)57-44-47(45-58-52(53)48-39-40-50-51(43-48)55-42-41-54-50)36-34-38-49(56)37-33-31-29-27-25-23-21-19-17-15-13-11-9-7-5-2/h12-15,18-21,39-43,47,53H,3-11,16-17,22-38,44-45H2,1-2H3/b14-12-,15-13-,20-18-,21-19-,53-52?. The van der Waals surface area contributed by atoms with Crippen LogP contribution < -0.4 is 0 Å². The van der Waals surface area contributed by atoms with E-state index in [1.54, 1.807) is 12.4 Å². The van der Waals surface area contributed by atoms with Crippen molar-refractivity contribution in [2.75, 3.05) is 13.2 Å². The van der Waals surface area contributed by atoms with E-state index in [2.05, 4.69) is 79.0 Å². The Morgan fingerprint density at radius 3 is 1.67 bits per heavy atom. The van der Waals surface area contributed by atoms with E-state index < -0.39 is 0 Å². The van der Waals surface area contributed by atoms with Gasteiger partial charge in [-0.2, -0.15) is 0 Å². The van der Waals surface area contributed by atoms with Crippen LogP contribution in [0.3, 0.4) is 0 Å². The van der Waals surface area contributed by atoms with Crippen LogP contribution in [0.4, 0.5) is 0 Å². The molecule has 58 heavy (non-hydrogen) atoms. The summed E-state index contributed by atoms with van der Waals surface area (Å²) < 4.78 is 12.2. The van der Waals surface area contributed by atoms with Crippen molar-refractivity contribution in [2.24, 2.45) is 5.92 Å². The third-order valence-corrected chi connectivity index (χ3v) is 10.6. The molecule has 0 aliphatic heterocycles. The SMILES string of the molecule is C=C(CCCCCCC/C=C\C/C=C\CCCCC)OCC(CCCC(=O)CCCCCCC/C=C\C/C=C\CCCCC)COC(=N)c1ccc2nccnc2c1. The minimum Gasteiger partial charge on any atom is -0.498 e. The molecular weight excluding hydrogens is 715 g/mol. The summed E-state index contributed by atoms with van der Waals surface area (Å²) in [5.41, 5.74) is 2.20. The van der Waals surface area contributed by atoms with Gasteiger partial charge < -0.3 is 9.47 Å². The zero-order valence-corrected chi connectivity index (χ0v) is 36.9. The number of hydrogen-bond donors (Lipinski definition) is 1. The second-order valence-electron chi connectivity index (χ2n) is 16.0. The van der Waals surface area contributed by atoms with Gasteiger partial charge in [0.25, 0.3) is 0 Å². The number of benzene rings is 1. The van der Waals surface area contributed by atoms with Crippen LogP contribution in [0, 0.1) is 11.3 Å². The highest BCUT2D eigenvalue weighted by atomic mass is 16.5. The molecule has 0 aliphatic carbocycles. The lowest BCUT2D eigenvalue weighted by Crippen LogP contribution is -2.19. The van der Waals surface area contributed by atoms with Gasteiger partial charge in [0.2, 0.25) is 5.90 Å². The first kappa shape index (κ1) is 50.3. The molecule has 6 heteroatoms. The van der Waals surface area contributed by atoms with Gasteiger partial charge in [-0.25, -0.2) is 0 Å². The third-order valence-electron chi connectivity index (χ3n) is 10.6. The molecule has 0 aliphatic rings. The maximum atomic E-state index is 12.8. The first-order valence-electron chi connectivity index (χ1n) is 23.4. The Kier molecular flexibility index (Phi) is 31.5. The minimum atomic E-state index is 0.0608. The van der Waals surface area contributed by atoms with Gasteiger partial charge in [0, 0.05) is 43.1 Å². The number of nitrogens with zero attached hydrogens (tertiary/aromatic N) is 2. The topological polar surface area (TPSA) is 85.2 Å². The van der Waals surface area contributed by atoms with Crippen LogP contribution in [0.1, 0.15) is 193 Å². The molecule has 2 aromatic rings. The number of ketones is 1. The molecule has 322 valence electrons. The van der Waals surface area contributed by atoms with E-state index in [1.165, 1.54) is 96.3 Å². The molecule has 2 rings (SSSR count). The van der Waals surface area contributed by atoms with Crippen molar-refractivity contribution in [1.29, 1.82) is 5.41 Å². The first-order chi connectivity index (χ1) is 28.5. The van der Waals surface area contributed by atoms with E-state index in [4.69, 9.17) is 14.9 Å². The Labute approximate surface area is 354 Å². The second kappa shape index (κ2) is 36.3. The Morgan fingerprint density at radius 1 is 0.603 bits per heavy atom. The average molecular weight is 796 g/mol. The molecule has 0 spiro atoms. The molecule has 1 atom stereocenters. The van der Waals surface area contributed by atoms with Gasteiger partial charge in [-0.3, -0.25) is 20.2 Å². The molecule has 1 unspecified atom stereocenters. The zero-order chi connectivity index (χ0) is 41.6. The van der Waals surface area contributed by atoms with Crippen LogP contribution in [0.25, 0.3) is 11.0 Å². The van der Waals surface area contributed by atoms with Gasteiger partial charge in [-0.15, -0.1) is 0 Å². The lowest BCUT2D eigenvalue weighted by Gasteiger charge is -2.20. The lowest BCUT2D eigenvalue weighted by molar-refractivity contribution is -0.119. The number of aromatic nitrogens is 2. The fraction of sp³-hybridized carbons (Fsp3) is 0.615. The van der Waals surface area contributed by atoms with Crippen molar-refractivity contribution in [3.05, 3.63) is 97.1 Å². The second-order valence-corrected chi connectivity index (χ2v) is 16.0. The Balaban J connectivity index is 1.64. The largest absolute Gasteiger partial charge is 0.498 e. The summed E-state index contributed by atoms with van der Waals surface area (Å²) in [7, 11) is 0. The molecule has 0 radical (unpaired) electrons. The molecule has 1 N–H and O–H groups in total. The number of fused-ring (bicyclic) bond motifs is 1. The number of nitrogens with one attached hydrogen (secondary N) is 1. The van der Waals surface area contributed by atoms with E-state index in [1.807, 2.05) is 18.2 Å². The molecule has 6 nitrogen and oxygen atoms in total. The zero-order valence-electron chi connectivity index (χ0n) is 36.9. The van der Waals surface area contributed by atoms with Gasteiger partial charge in [-0.05, 0) is 108 Å². The average Bonchev–Trinajstić information content (AvgIpc) is 3.24. The maximum absolute atomic E-state index is 12.8. The van der Waals surface area contributed by atoms with Crippen LogP contribution in [0.2, 0.25) is 0 Å². The Bertz CT molecular complexity index is 1480. The number of hydrogen-bond acceptors (Lipinski definition) is 6. The molecule has 0 bridgehead atoms. The number of Topliss-reactive ketones (excluding diaryl/α,β-unsaturated/α-hetero) is 1. The summed E-state index contributed by atoms with van der Waals surface area (Å²) in [6.07, 6.45) is 52.0. The Hall–Kier alpha value is -3.80. The molecule has 0 saturated carbocycles. The molecule has 0 fully saturated rings. The molecule has 1 heterocycles. The van der Waals surface area contributed by atoms with E-state index in [9.17, 15) is 4.79 Å². The predicted octanol–water partition coefficient (Wildman–Crippen LogP) is 15.5. The molecule has 0 amide bonds. The van der Waals surface area contributed by atoms with Crippen LogP contribution >= 0.6 is 0 Å². The summed E-state index contributed by atoms with van der Waals surface area (Å²) in [6, 6.07) is 5.56. The summed E-state index contributed by atoms with van der Waals surface area (Å²) in [4.78, 5) is 21.5. The van der Waals surface area contributed by atoms with Crippen molar-refractivity contribution >= 4 is 22.7 Å². The van der Waals surface area contributed by atoms with E-state index in [0.717, 1.165) is 81.0 Å². The van der Waals surface area contributed by atoms with Crippen LogP contribution in [0.15, 0.2) is 91.5 Å². The highest BCUT2D eigenvalue weighted by molar-refractivity contribution is 5.95. The maximum Gasteiger partial charge on any atom is 0.213 e. The van der Waals surface area contributed by atoms with Crippen LogP contribution in [0.5, 0.6) is 0 Å². The molecule has 1 aromatic heterocycles. The van der Waals surface area contributed by atoms with E-state index in [0.29, 0.717) is 37.4 Å². The number of carbonyl (C=O) groups excluding carboxylic acids is 1. The van der Waals surface area contributed by atoms with Gasteiger partial charge in [0.05, 0.1) is 30.0 Å². The molecule has 0 saturated heterocycles. The van der Waals surface area contributed by atoms with Crippen molar-refractivity contribution in [2.45, 2.75) is 187 Å². The van der Waals surface area contributed by atoms with Gasteiger partial charge in [-0.1, -0.05) is 133 Å². The van der Waals surface area contributed by atoms with E-state index >= 15 is 0 Å². The summed E-state index contributed by atoms with van der Waals surface area (Å²) in [5, 5.41) is 8.61. The van der Waals surface area contributed by atoms with Crippen LogP contribution in [-0.2, 0) is 14.3 Å². The predicted molar refractivity (Wildman–Crippen MR) is 248 cm³/mol. The highest BCUT2D eigenvalue weighted by Gasteiger charge is 2.15. The lowest BCUT2D eigenvalue weighted by atomic mass is 10.00. The number of carbonyl (C=O) groups is 1. The van der Waals surface area contributed by atoms with Gasteiger partial charge in [0.1, 0.15) is 5.78 Å². The number of unbranched alkanes of at least 4 members (excludes halogenated alkanes) is 16. The quantitative estimate of drug-likeness (QED) is 0.0240. The van der Waals surface area contributed by atoms with E-state index in [-0.39, 0.29) is 11.8 Å². The normalized spacial score (nSPS) is 12.4. The molecular formula is C52H81N3O3. The minimum absolute atomic E-state index is 0.0608. The first-order valence-corrected chi connectivity index (χ1v) is 23.4. The van der Waals surface area contributed by atoms with Gasteiger partial charge in [0.15, 0.2) is 0 Å². The summed E-state index contributed by atoms with van der Waals surface area (Å²) >= 11 is 0. The van der Waals surface area contributed by atoms with Gasteiger partial charge >= 0.3 is 0 Å². The summed E-state index contributed by atoms with van der Waals surface area (Å²) in [6.45, 7) is 9.54.